The van der Waals surface area contributed by atoms with E-state index in [9.17, 15) is 9.18 Å². The van der Waals surface area contributed by atoms with E-state index in [1.54, 1.807) is 11.0 Å². The van der Waals surface area contributed by atoms with E-state index < -0.39 is 11.7 Å². The molecular formula is C25H31FN8O. The summed E-state index contributed by atoms with van der Waals surface area (Å²) in [4.78, 5) is 18.6. The zero-order valence-electron chi connectivity index (χ0n) is 19.8. The molecule has 0 radical (unpaired) electrons. The van der Waals surface area contributed by atoms with Gasteiger partial charge in [-0.2, -0.15) is 0 Å². The molecule has 1 saturated heterocycles. The van der Waals surface area contributed by atoms with Crippen LogP contribution in [-0.4, -0.2) is 66.9 Å². The van der Waals surface area contributed by atoms with Crippen molar-refractivity contribution in [1.82, 2.24) is 9.80 Å². The number of piperazine rings is 1. The number of nitrogens with two attached hydrogens (primary N) is 2. The van der Waals surface area contributed by atoms with Crippen LogP contribution in [0.3, 0.4) is 0 Å². The molecule has 2 aliphatic rings. The fourth-order valence-corrected chi connectivity index (χ4v) is 4.52. The van der Waals surface area contributed by atoms with Crippen molar-refractivity contribution in [3.8, 4) is 0 Å². The summed E-state index contributed by atoms with van der Waals surface area (Å²) in [6, 6.07) is 10.3. The normalized spacial score (nSPS) is 16.1. The van der Waals surface area contributed by atoms with E-state index in [1.165, 1.54) is 12.1 Å². The second-order valence-electron chi connectivity index (χ2n) is 8.82. The number of halogens is 1. The molecule has 7 N–H and O–H groups in total. The highest BCUT2D eigenvalue weighted by atomic mass is 19.1. The molecule has 0 aromatic heterocycles. The molecule has 4 rings (SSSR count). The van der Waals surface area contributed by atoms with Crippen molar-refractivity contribution in [3.63, 3.8) is 0 Å². The van der Waals surface area contributed by atoms with Gasteiger partial charge in [-0.25, -0.2) is 4.39 Å². The van der Waals surface area contributed by atoms with E-state index in [-0.39, 0.29) is 17.5 Å². The van der Waals surface area contributed by atoms with E-state index in [2.05, 4.69) is 10.2 Å². The lowest BCUT2D eigenvalue weighted by atomic mass is 9.98. The highest BCUT2D eigenvalue weighted by molar-refractivity contribution is 6.04. The van der Waals surface area contributed by atoms with Crippen LogP contribution < -0.4 is 21.7 Å². The average molecular weight is 479 g/mol. The number of benzene rings is 2. The maximum absolute atomic E-state index is 14.9. The van der Waals surface area contributed by atoms with Crippen molar-refractivity contribution in [2.45, 2.75) is 13.3 Å². The molecule has 0 unspecified atom stereocenters. The van der Waals surface area contributed by atoms with E-state index >= 15 is 0 Å². The van der Waals surface area contributed by atoms with Crippen molar-refractivity contribution < 1.29 is 9.18 Å². The fraction of sp³-hybridized carbons (Fsp3) is 0.320. The van der Waals surface area contributed by atoms with Crippen LogP contribution in [-0.2, 0) is 0 Å². The zero-order valence-corrected chi connectivity index (χ0v) is 19.8. The summed E-state index contributed by atoms with van der Waals surface area (Å²) in [5.41, 5.74) is 15.4. The van der Waals surface area contributed by atoms with Crippen LogP contribution in [0.25, 0.3) is 5.57 Å². The third-order valence-electron chi connectivity index (χ3n) is 6.55. The van der Waals surface area contributed by atoms with Gasteiger partial charge in [-0.3, -0.25) is 15.6 Å². The first-order chi connectivity index (χ1) is 16.7. The minimum absolute atomic E-state index is 0.0161. The predicted molar refractivity (Wildman–Crippen MR) is 137 cm³/mol. The molecule has 9 nitrogen and oxygen atoms in total. The smallest absolute Gasteiger partial charge is 0.258 e. The summed E-state index contributed by atoms with van der Waals surface area (Å²) in [5.74, 6) is -0.963. The van der Waals surface area contributed by atoms with Crippen LogP contribution in [0.2, 0.25) is 0 Å². The first-order valence-corrected chi connectivity index (χ1v) is 11.6. The van der Waals surface area contributed by atoms with Gasteiger partial charge in [0, 0.05) is 50.6 Å². The fourth-order valence-electron chi connectivity index (χ4n) is 4.52. The van der Waals surface area contributed by atoms with E-state index in [1.807, 2.05) is 36.1 Å². The molecule has 0 aliphatic carbocycles. The van der Waals surface area contributed by atoms with Gasteiger partial charge in [0.2, 0.25) is 0 Å². The molecule has 35 heavy (non-hydrogen) atoms. The number of hydrogen-bond acceptors (Lipinski definition) is 4. The summed E-state index contributed by atoms with van der Waals surface area (Å²) in [7, 11) is 0. The number of carbonyl (C=O) groups excluding carboxylic acids is 1. The number of guanidine groups is 2. The molecule has 2 aromatic carbocycles. The van der Waals surface area contributed by atoms with Crippen molar-refractivity contribution in [3.05, 3.63) is 65.0 Å². The van der Waals surface area contributed by atoms with Gasteiger partial charge in [0.05, 0.1) is 5.56 Å². The number of hydrogen-bond donors (Lipinski definition) is 5. The van der Waals surface area contributed by atoms with Crippen LogP contribution >= 0.6 is 0 Å². The van der Waals surface area contributed by atoms with Gasteiger partial charge < -0.3 is 31.5 Å². The van der Waals surface area contributed by atoms with Gasteiger partial charge in [0.25, 0.3) is 5.91 Å². The molecule has 2 aliphatic heterocycles. The van der Waals surface area contributed by atoms with E-state index in [0.29, 0.717) is 38.3 Å². The summed E-state index contributed by atoms with van der Waals surface area (Å²) < 4.78 is 14.9. The number of nitrogens with one attached hydrogen (secondary N) is 3. The predicted octanol–water partition coefficient (Wildman–Crippen LogP) is 2.38. The Morgan fingerprint density at radius 1 is 0.971 bits per heavy atom. The Morgan fingerprint density at radius 2 is 1.69 bits per heavy atom. The van der Waals surface area contributed by atoms with Crippen LogP contribution in [0, 0.1) is 23.6 Å². The molecule has 10 heteroatoms. The van der Waals surface area contributed by atoms with Crippen LogP contribution in [0.15, 0.2) is 42.5 Å². The molecule has 0 saturated carbocycles. The molecule has 0 atom stereocenters. The van der Waals surface area contributed by atoms with Gasteiger partial charge in [-0.15, -0.1) is 0 Å². The average Bonchev–Trinajstić information content (AvgIpc) is 2.84. The molecule has 184 valence electrons. The lowest BCUT2D eigenvalue weighted by Gasteiger charge is -2.37. The second-order valence-corrected chi connectivity index (χ2v) is 8.82. The SMILES string of the molecule is Cc1cc(NC(=O)c2ccc(C3=CCN(C(=N)N)CC3)cc2F)ccc1N1CCN(C(=N)N)CC1. The Hall–Kier alpha value is -4.08. The van der Waals surface area contributed by atoms with Crippen LogP contribution in [0.1, 0.15) is 27.9 Å². The molecule has 0 spiro atoms. The Balaban J connectivity index is 1.41. The first-order valence-electron chi connectivity index (χ1n) is 11.6. The molecule has 2 aromatic rings. The van der Waals surface area contributed by atoms with Crippen molar-refractivity contribution >= 4 is 34.8 Å². The molecule has 2 heterocycles. The largest absolute Gasteiger partial charge is 0.370 e. The lowest BCUT2D eigenvalue weighted by molar-refractivity contribution is 0.102. The monoisotopic (exact) mass is 478 g/mol. The Morgan fingerprint density at radius 3 is 2.26 bits per heavy atom. The number of anilines is 2. The van der Waals surface area contributed by atoms with Crippen LogP contribution in [0.5, 0.6) is 0 Å². The third kappa shape index (κ3) is 5.37. The van der Waals surface area contributed by atoms with Gasteiger partial charge in [-0.1, -0.05) is 12.1 Å². The van der Waals surface area contributed by atoms with Gasteiger partial charge >= 0.3 is 0 Å². The van der Waals surface area contributed by atoms with Crippen LogP contribution in [0.4, 0.5) is 15.8 Å². The number of aryl methyl sites for hydroxylation is 1. The topological polar surface area (TPSA) is 139 Å². The lowest BCUT2D eigenvalue weighted by Crippen LogP contribution is -2.51. The summed E-state index contributed by atoms with van der Waals surface area (Å²) in [5, 5.41) is 17.9. The standard InChI is InChI=1S/C25H31FN8O/c1-16-14-19(3-5-22(16)32-10-12-34(13-11-32)25(29)30)31-23(35)20-4-2-18(15-21(20)26)17-6-8-33(9-7-17)24(27)28/h2-6,14-15H,7-13H2,1H3,(H3,27,28)(H3,29,30)(H,31,35). The highest BCUT2D eigenvalue weighted by Crippen LogP contribution is 2.27. The number of rotatable bonds is 4. The summed E-state index contributed by atoms with van der Waals surface area (Å²) in [6.45, 7) is 5.98. The Labute approximate surface area is 204 Å². The first kappa shape index (κ1) is 24.1. The van der Waals surface area contributed by atoms with E-state index in [0.717, 1.165) is 35.5 Å². The second kappa shape index (κ2) is 10.0. The molecule has 0 bridgehead atoms. The van der Waals surface area contributed by atoms with Crippen molar-refractivity contribution in [2.24, 2.45) is 11.5 Å². The minimum atomic E-state index is -0.577. The third-order valence-corrected chi connectivity index (χ3v) is 6.55. The maximum Gasteiger partial charge on any atom is 0.258 e. The van der Waals surface area contributed by atoms with Crippen molar-refractivity contribution in [2.75, 3.05) is 49.5 Å². The molecular weight excluding hydrogens is 447 g/mol. The number of amides is 1. The quantitative estimate of drug-likeness (QED) is 0.338. The summed E-state index contributed by atoms with van der Waals surface area (Å²) >= 11 is 0. The summed E-state index contributed by atoms with van der Waals surface area (Å²) in [6.07, 6.45) is 2.59. The van der Waals surface area contributed by atoms with Gasteiger partial charge in [0.15, 0.2) is 11.9 Å². The van der Waals surface area contributed by atoms with Crippen molar-refractivity contribution in [1.29, 1.82) is 10.8 Å². The number of nitrogens with zero attached hydrogens (tertiary/aromatic N) is 3. The zero-order chi connectivity index (χ0) is 25.1. The highest BCUT2D eigenvalue weighted by Gasteiger charge is 2.20. The van der Waals surface area contributed by atoms with Gasteiger partial charge in [0.1, 0.15) is 5.82 Å². The Bertz CT molecular complexity index is 1190. The Kier molecular flexibility index (Phi) is 6.90. The van der Waals surface area contributed by atoms with Gasteiger partial charge in [-0.05, 0) is 60.4 Å². The molecule has 1 amide bonds. The van der Waals surface area contributed by atoms with E-state index in [4.69, 9.17) is 22.3 Å². The number of carbonyl (C=O) groups is 1. The maximum atomic E-state index is 14.9. The molecule has 1 fully saturated rings. The minimum Gasteiger partial charge on any atom is -0.370 e.